The van der Waals surface area contributed by atoms with Gasteiger partial charge in [0.15, 0.2) is 0 Å². The number of halogens is 1. The molecule has 3 rings (SSSR count). The molecule has 2 aromatic carbocycles. The van der Waals surface area contributed by atoms with Crippen molar-refractivity contribution in [1.82, 2.24) is 16.0 Å². The van der Waals surface area contributed by atoms with Crippen LogP contribution in [-0.2, 0) is 11.0 Å². The minimum absolute atomic E-state index is 0.279. The lowest BCUT2D eigenvalue weighted by atomic mass is 10.1. The third-order valence-electron chi connectivity index (χ3n) is 5.85. The van der Waals surface area contributed by atoms with Gasteiger partial charge in [-0.15, -0.1) is 0 Å². The maximum atomic E-state index is 13.2. The Morgan fingerprint density at radius 2 is 1.85 bits per heavy atom. The second-order valence-corrected chi connectivity index (χ2v) is 9.67. The van der Waals surface area contributed by atoms with Gasteiger partial charge in [-0.1, -0.05) is 12.1 Å². The lowest BCUT2D eigenvalue weighted by Gasteiger charge is -2.19. The summed E-state index contributed by atoms with van der Waals surface area (Å²) in [4.78, 5) is 25.8. The molecule has 9 heteroatoms. The van der Waals surface area contributed by atoms with Crippen molar-refractivity contribution in [3.63, 3.8) is 0 Å². The third kappa shape index (κ3) is 6.85. The highest BCUT2D eigenvalue weighted by atomic mass is 32.2. The van der Waals surface area contributed by atoms with Gasteiger partial charge in [0.2, 0.25) is 0 Å². The Bertz CT molecular complexity index is 1010. The number of hydrogen-bond acceptors (Lipinski definition) is 4. The molecule has 1 unspecified atom stereocenters. The summed E-state index contributed by atoms with van der Waals surface area (Å²) in [5.74, 6) is -1.01. The minimum atomic E-state index is -1.33. The molecule has 0 saturated carbocycles. The SMILES string of the molecule is C[C@@H](NC(=O)c1cc(C(=O)NCC[C@H]2CCCN2)cc(N(C)S(C)=O)c1)c1ccc(F)cc1. The highest BCUT2D eigenvalue weighted by molar-refractivity contribution is 7.85. The number of benzene rings is 2. The fourth-order valence-electron chi connectivity index (χ4n) is 3.78. The maximum absolute atomic E-state index is 13.2. The molecule has 3 N–H and O–H groups in total. The smallest absolute Gasteiger partial charge is 0.251 e. The minimum Gasteiger partial charge on any atom is -0.352 e. The topological polar surface area (TPSA) is 90.5 Å². The average Bonchev–Trinajstić information content (AvgIpc) is 3.32. The number of carbonyl (C=O) groups excluding carboxylic acids is 2. The summed E-state index contributed by atoms with van der Waals surface area (Å²) in [6, 6.07) is 10.7. The van der Waals surface area contributed by atoms with Gasteiger partial charge in [0, 0.05) is 37.0 Å². The number of amides is 2. The van der Waals surface area contributed by atoms with Crippen molar-refractivity contribution in [3.8, 4) is 0 Å². The van der Waals surface area contributed by atoms with Crippen molar-refractivity contribution in [2.45, 2.75) is 38.3 Å². The second-order valence-electron chi connectivity index (χ2n) is 8.27. The zero-order valence-corrected chi connectivity index (χ0v) is 20.0. The highest BCUT2D eigenvalue weighted by Gasteiger charge is 2.19. The molecule has 33 heavy (non-hydrogen) atoms. The zero-order chi connectivity index (χ0) is 24.0. The van der Waals surface area contributed by atoms with Gasteiger partial charge in [-0.2, -0.15) is 0 Å². The number of anilines is 1. The van der Waals surface area contributed by atoms with Gasteiger partial charge in [-0.25, -0.2) is 8.60 Å². The van der Waals surface area contributed by atoms with E-state index < -0.39 is 11.0 Å². The van der Waals surface area contributed by atoms with Crippen LogP contribution in [0.25, 0.3) is 0 Å². The molecule has 1 saturated heterocycles. The van der Waals surface area contributed by atoms with E-state index in [1.165, 1.54) is 28.8 Å². The number of nitrogens with zero attached hydrogens (tertiary/aromatic N) is 1. The Morgan fingerprint density at radius 3 is 2.45 bits per heavy atom. The van der Waals surface area contributed by atoms with Gasteiger partial charge in [0.25, 0.3) is 11.8 Å². The van der Waals surface area contributed by atoms with Crippen molar-refractivity contribution in [2.24, 2.45) is 0 Å². The van der Waals surface area contributed by atoms with Crippen LogP contribution in [0.15, 0.2) is 42.5 Å². The van der Waals surface area contributed by atoms with Crippen LogP contribution in [-0.4, -0.2) is 48.5 Å². The lowest BCUT2D eigenvalue weighted by Crippen LogP contribution is -2.31. The first-order valence-corrected chi connectivity index (χ1v) is 12.6. The summed E-state index contributed by atoms with van der Waals surface area (Å²) < 4.78 is 26.7. The molecule has 0 spiro atoms. The summed E-state index contributed by atoms with van der Waals surface area (Å²) in [5.41, 5.74) is 1.86. The van der Waals surface area contributed by atoms with Crippen LogP contribution >= 0.6 is 0 Å². The molecule has 1 fully saturated rings. The first-order valence-electron chi connectivity index (χ1n) is 11.0. The van der Waals surface area contributed by atoms with E-state index in [9.17, 15) is 18.2 Å². The van der Waals surface area contributed by atoms with Gasteiger partial charge in [-0.3, -0.25) is 13.9 Å². The van der Waals surface area contributed by atoms with Crippen LogP contribution in [0.3, 0.4) is 0 Å². The van der Waals surface area contributed by atoms with Gasteiger partial charge in [0.1, 0.15) is 16.8 Å². The standard InChI is InChI=1S/C24H31FN4O3S/c1-16(17-6-8-20(25)9-7-17)28-24(31)19-13-18(14-22(15-19)29(2)33(3)32)23(30)27-12-10-21-5-4-11-26-21/h6-9,13-16,21,26H,4-5,10-12H2,1-3H3,(H,27,30)(H,28,31)/t16-,21-,33?/m1/s1. The first-order chi connectivity index (χ1) is 15.7. The predicted molar refractivity (Wildman–Crippen MR) is 129 cm³/mol. The van der Waals surface area contributed by atoms with Crippen LogP contribution in [0.5, 0.6) is 0 Å². The molecule has 0 aliphatic carbocycles. The van der Waals surface area contributed by atoms with E-state index in [0.29, 0.717) is 23.8 Å². The van der Waals surface area contributed by atoms with E-state index in [4.69, 9.17) is 0 Å². The molecule has 0 aromatic heterocycles. The average molecular weight is 475 g/mol. The van der Waals surface area contributed by atoms with Crippen molar-refractivity contribution in [3.05, 3.63) is 65.0 Å². The van der Waals surface area contributed by atoms with Crippen molar-refractivity contribution >= 4 is 28.5 Å². The van der Waals surface area contributed by atoms with Crippen LogP contribution in [0.4, 0.5) is 10.1 Å². The monoisotopic (exact) mass is 474 g/mol. The molecule has 0 radical (unpaired) electrons. The zero-order valence-electron chi connectivity index (χ0n) is 19.2. The number of hydrogen-bond donors (Lipinski definition) is 3. The largest absolute Gasteiger partial charge is 0.352 e. The van der Waals surface area contributed by atoms with Crippen molar-refractivity contribution in [2.75, 3.05) is 30.7 Å². The molecule has 1 heterocycles. The van der Waals surface area contributed by atoms with Gasteiger partial charge >= 0.3 is 0 Å². The Balaban J connectivity index is 1.76. The fraction of sp³-hybridized carbons (Fsp3) is 0.417. The van der Waals surface area contributed by atoms with Crippen LogP contribution in [0.2, 0.25) is 0 Å². The summed E-state index contributed by atoms with van der Waals surface area (Å²) in [6.07, 6.45) is 4.62. The predicted octanol–water partition coefficient (Wildman–Crippen LogP) is 2.92. The third-order valence-corrected chi connectivity index (χ3v) is 6.83. The molecule has 0 bridgehead atoms. The Kier molecular flexibility index (Phi) is 8.57. The van der Waals surface area contributed by atoms with Gasteiger partial charge in [0.05, 0.1) is 11.7 Å². The lowest BCUT2D eigenvalue weighted by molar-refractivity contribution is 0.0940. The molecule has 1 aliphatic heterocycles. The van der Waals surface area contributed by atoms with Crippen LogP contribution < -0.4 is 20.3 Å². The van der Waals surface area contributed by atoms with Gasteiger partial charge < -0.3 is 16.0 Å². The first kappa shape index (κ1) is 24.9. The molecule has 178 valence electrons. The quantitative estimate of drug-likeness (QED) is 0.521. The van der Waals surface area contributed by atoms with E-state index in [1.54, 1.807) is 38.2 Å². The van der Waals surface area contributed by atoms with Crippen LogP contribution in [0, 0.1) is 5.82 Å². The van der Waals surface area contributed by atoms with E-state index in [-0.39, 0.29) is 29.2 Å². The Labute approximate surface area is 196 Å². The molecular formula is C24H31FN4O3S. The van der Waals surface area contributed by atoms with Crippen molar-refractivity contribution < 1.29 is 18.2 Å². The molecule has 2 amide bonds. The number of nitrogens with one attached hydrogen (secondary N) is 3. The molecule has 2 aromatic rings. The number of rotatable bonds is 9. The molecule has 1 aliphatic rings. The van der Waals surface area contributed by atoms with E-state index in [0.717, 1.165) is 31.4 Å². The summed E-state index contributed by atoms with van der Waals surface area (Å²) in [5, 5.41) is 9.20. The Hall–Kier alpha value is -2.78. The van der Waals surface area contributed by atoms with Crippen molar-refractivity contribution in [1.29, 1.82) is 0 Å². The van der Waals surface area contributed by atoms with Crippen LogP contribution in [0.1, 0.15) is 58.5 Å². The van der Waals surface area contributed by atoms with E-state index in [1.807, 2.05) is 0 Å². The van der Waals surface area contributed by atoms with E-state index in [2.05, 4.69) is 16.0 Å². The second kappa shape index (κ2) is 11.4. The number of carbonyl (C=O) groups is 2. The highest BCUT2D eigenvalue weighted by Crippen LogP contribution is 2.21. The molecule has 7 nitrogen and oxygen atoms in total. The molecule has 3 atom stereocenters. The summed E-state index contributed by atoms with van der Waals surface area (Å²) in [7, 11) is 0.313. The summed E-state index contributed by atoms with van der Waals surface area (Å²) in [6.45, 7) is 3.34. The maximum Gasteiger partial charge on any atom is 0.251 e. The molecular weight excluding hydrogens is 443 g/mol. The van der Waals surface area contributed by atoms with E-state index >= 15 is 0 Å². The fourth-order valence-corrected chi connectivity index (χ4v) is 4.19. The van der Waals surface area contributed by atoms with Gasteiger partial charge in [-0.05, 0) is 68.6 Å². The Morgan fingerprint density at radius 1 is 1.18 bits per heavy atom. The summed E-state index contributed by atoms with van der Waals surface area (Å²) >= 11 is 0. The normalized spacial score (nSPS) is 17.3.